The average molecular weight is 501 g/mol. The number of anilines is 1. The molecule has 36 heavy (non-hydrogen) atoms. The molecule has 0 saturated heterocycles. The number of aromatic nitrogens is 2. The quantitative estimate of drug-likeness (QED) is 0.267. The monoisotopic (exact) mass is 500 g/mol. The summed E-state index contributed by atoms with van der Waals surface area (Å²) in [4.78, 5) is 17.4. The number of fused-ring (bicyclic) bond motifs is 1. The molecule has 2 aromatic carbocycles. The van der Waals surface area contributed by atoms with Gasteiger partial charge in [0.1, 0.15) is 5.65 Å². The zero-order valence-corrected chi connectivity index (χ0v) is 21.5. The molecule has 1 aliphatic carbocycles. The van der Waals surface area contributed by atoms with Crippen molar-refractivity contribution < 1.29 is 13.6 Å². The number of aryl methyl sites for hydroxylation is 2. The van der Waals surface area contributed by atoms with Crippen LogP contribution in [0.15, 0.2) is 66.9 Å². The van der Waals surface area contributed by atoms with Crippen LogP contribution in [-0.4, -0.2) is 24.2 Å². The van der Waals surface area contributed by atoms with Gasteiger partial charge in [0.05, 0.1) is 17.0 Å². The van der Waals surface area contributed by atoms with Crippen LogP contribution in [0.2, 0.25) is 0 Å². The lowest BCUT2D eigenvalue weighted by Gasteiger charge is -2.26. The number of carbonyl (C=O) groups is 1. The number of nitrogens with zero attached hydrogens (tertiary/aromatic N) is 3. The molecule has 0 bridgehead atoms. The number of pyridine rings is 1. The minimum Gasteiger partial charge on any atom is -0.755 e. The van der Waals surface area contributed by atoms with Crippen LogP contribution in [0.5, 0.6) is 0 Å². The minimum absolute atomic E-state index is 0.200. The zero-order valence-electron chi connectivity index (χ0n) is 20.6. The van der Waals surface area contributed by atoms with E-state index in [2.05, 4.69) is 47.7 Å². The third kappa shape index (κ3) is 4.86. The molecule has 5 rings (SSSR count). The molecule has 2 aromatic heterocycles. The lowest BCUT2D eigenvalue weighted by molar-refractivity contribution is -0.118. The lowest BCUT2D eigenvalue weighted by atomic mass is 10.0. The fourth-order valence-electron chi connectivity index (χ4n) is 4.71. The first kappa shape index (κ1) is 24.4. The predicted molar refractivity (Wildman–Crippen MR) is 143 cm³/mol. The standard InChI is InChI=1S/C29H31N3O3S/c1-3-4-7-24-18-26-20(2)16-17-30-28(26)31(24)19-21-10-12-22(13-11-21)25-8-5-6-9-27(25)32(36(34)35)29(33)23-14-15-23/h5-6,8-13,16-18,23H,3-4,7,14-15,19H2,1-2H3,(H,34,35)/p-1. The second-order valence-corrected chi connectivity index (χ2v) is 10.3. The minimum atomic E-state index is -2.67. The largest absolute Gasteiger partial charge is 0.755 e. The maximum Gasteiger partial charge on any atom is 0.241 e. The molecule has 1 unspecified atom stereocenters. The molecular formula is C29H30N3O3S-. The van der Waals surface area contributed by atoms with Gasteiger partial charge in [-0.05, 0) is 67.5 Å². The third-order valence-corrected chi connectivity index (χ3v) is 7.57. The summed E-state index contributed by atoms with van der Waals surface area (Å²) in [7, 11) is 0. The van der Waals surface area contributed by atoms with Crippen molar-refractivity contribution in [3.63, 3.8) is 0 Å². The molecule has 1 saturated carbocycles. The molecule has 1 atom stereocenters. The molecular weight excluding hydrogens is 470 g/mol. The summed E-state index contributed by atoms with van der Waals surface area (Å²) < 4.78 is 27.3. The topological polar surface area (TPSA) is 78.3 Å². The van der Waals surface area contributed by atoms with Gasteiger partial charge in [-0.2, -0.15) is 0 Å². The van der Waals surface area contributed by atoms with Crippen molar-refractivity contribution in [2.45, 2.75) is 52.5 Å². The lowest BCUT2D eigenvalue weighted by Crippen LogP contribution is -2.34. The van der Waals surface area contributed by atoms with Gasteiger partial charge in [-0.25, -0.2) is 9.29 Å². The molecule has 2 heterocycles. The van der Waals surface area contributed by atoms with Gasteiger partial charge in [-0.15, -0.1) is 0 Å². The van der Waals surface area contributed by atoms with Gasteiger partial charge < -0.3 is 9.12 Å². The Morgan fingerprint density at radius 2 is 1.89 bits per heavy atom. The van der Waals surface area contributed by atoms with E-state index in [9.17, 15) is 13.6 Å². The van der Waals surface area contributed by atoms with Gasteiger partial charge in [0, 0.05) is 35.3 Å². The number of carbonyl (C=O) groups excluding carboxylic acids is 1. The van der Waals surface area contributed by atoms with Crippen molar-refractivity contribution in [2.24, 2.45) is 5.92 Å². The Kier molecular flexibility index (Phi) is 7.03. The van der Waals surface area contributed by atoms with Crippen molar-refractivity contribution in [3.8, 4) is 11.1 Å². The normalized spacial score (nSPS) is 14.2. The van der Waals surface area contributed by atoms with Crippen LogP contribution in [-0.2, 0) is 29.0 Å². The molecule has 7 heteroatoms. The van der Waals surface area contributed by atoms with Gasteiger partial charge in [0.2, 0.25) is 5.91 Å². The Morgan fingerprint density at radius 3 is 2.58 bits per heavy atom. The van der Waals surface area contributed by atoms with Crippen LogP contribution in [0.3, 0.4) is 0 Å². The summed E-state index contributed by atoms with van der Waals surface area (Å²) in [6.07, 6.45) is 6.62. The number of amides is 1. The summed E-state index contributed by atoms with van der Waals surface area (Å²) in [6, 6.07) is 19.6. The molecule has 0 N–H and O–H groups in total. The van der Waals surface area contributed by atoms with Crippen molar-refractivity contribution in [1.82, 2.24) is 9.55 Å². The van der Waals surface area contributed by atoms with E-state index < -0.39 is 11.3 Å². The summed E-state index contributed by atoms with van der Waals surface area (Å²) in [5.41, 5.74) is 6.63. The van der Waals surface area contributed by atoms with Crippen LogP contribution in [0.1, 0.15) is 49.4 Å². The average Bonchev–Trinajstić information content (AvgIpc) is 3.67. The SMILES string of the molecule is CCCCc1cc2c(C)ccnc2n1Cc1ccc(-c2ccccc2N(C(=O)C2CC2)S(=O)[O-])cc1. The van der Waals surface area contributed by atoms with E-state index in [0.717, 1.165) is 58.7 Å². The number of unbranched alkanes of at least 4 members (excludes halogenated alkanes) is 1. The number of rotatable bonds is 9. The maximum atomic E-state index is 12.7. The first-order chi connectivity index (χ1) is 17.5. The van der Waals surface area contributed by atoms with Crippen molar-refractivity contribution >= 4 is 33.9 Å². The van der Waals surface area contributed by atoms with E-state index in [1.807, 2.05) is 30.5 Å². The highest BCUT2D eigenvalue weighted by atomic mass is 32.2. The van der Waals surface area contributed by atoms with Crippen LogP contribution >= 0.6 is 0 Å². The highest BCUT2D eigenvalue weighted by Gasteiger charge is 2.35. The zero-order chi connectivity index (χ0) is 25.2. The van der Waals surface area contributed by atoms with Crippen molar-refractivity contribution in [2.75, 3.05) is 4.31 Å². The molecule has 0 aliphatic heterocycles. The Balaban J connectivity index is 1.46. The summed E-state index contributed by atoms with van der Waals surface area (Å²) in [5.74, 6) is -0.553. The Hall–Kier alpha value is -3.29. The predicted octanol–water partition coefficient (Wildman–Crippen LogP) is 5.94. The number of para-hydroxylation sites is 1. The third-order valence-electron chi connectivity index (χ3n) is 6.89. The maximum absolute atomic E-state index is 12.7. The Bertz CT molecular complexity index is 1420. The molecule has 4 aromatic rings. The second kappa shape index (κ2) is 10.4. The molecule has 1 amide bonds. The van der Waals surface area contributed by atoms with E-state index >= 15 is 0 Å². The highest BCUT2D eigenvalue weighted by molar-refractivity contribution is 7.81. The van der Waals surface area contributed by atoms with Crippen LogP contribution in [0, 0.1) is 12.8 Å². The number of hydrogen-bond donors (Lipinski definition) is 0. The van der Waals surface area contributed by atoms with Gasteiger partial charge >= 0.3 is 0 Å². The molecule has 0 radical (unpaired) electrons. The number of hydrogen-bond acceptors (Lipinski definition) is 4. The van der Waals surface area contributed by atoms with Gasteiger partial charge in [-0.1, -0.05) is 55.8 Å². The van der Waals surface area contributed by atoms with Gasteiger partial charge in [-0.3, -0.25) is 9.00 Å². The first-order valence-corrected chi connectivity index (χ1v) is 13.6. The summed E-state index contributed by atoms with van der Waals surface area (Å²) in [6.45, 7) is 5.03. The van der Waals surface area contributed by atoms with Crippen LogP contribution in [0.25, 0.3) is 22.2 Å². The number of benzene rings is 2. The Morgan fingerprint density at radius 1 is 1.14 bits per heavy atom. The fourth-order valence-corrected chi connectivity index (χ4v) is 5.32. The second-order valence-electron chi connectivity index (χ2n) is 9.53. The smallest absolute Gasteiger partial charge is 0.241 e. The van der Waals surface area contributed by atoms with Gasteiger partial charge in [0.25, 0.3) is 0 Å². The van der Waals surface area contributed by atoms with Crippen molar-refractivity contribution in [3.05, 3.63) is 83.7 Å². The van der Waals surface area contributed by atoms with E-state index in [1.165, 1.54) is 16.6 Å². The van der Waals surface area contributed by atoms with E-state index in [4.69, 9.17) is 0 Å². The molecule has 1 fully saturated rings. The molecule has 0 spiro atoms. The van der Waals surface area contributed by atoms with Crippen LogP contribution < -0.4 is 4.31 Å². The highest BCUT2D eigenvalue weighted by Crippen LogP contribution is 2.37. The van der Waals surface area contributed by atoms with Crippen molar-refractivity contribution in [1.29, 1.82) is 0 Å². The van der Waals surface area contributed by atoms with Crippen LogP contribution in [0.4, 0.5) is 5.69 Å². The van der Waals surface area contributed by atoms with E-state index in [1.54, 1.807) is 12.1 Å². The first-order valence-electron chi connectivity index (χ1n) is 12.5. The summed E-state index contributed by atoms with van der Waals surface area (Å²) in [5, 5.41) is 1.19. The Labute approximate surface area is 214 Å². The molecule has 1 aliphatic rings. The summed E-state index contributed by atoms with van der Waals surface area (Å²) >= 11 is -2.67. The molecule has 186 valence electrons. The fraction of sp³-hybridized carbons (Fsp3) is 0.310. The van der Waals surface area contributed by atoms with E-state index in [-0.39, 0.29) is 11.8 Å². The van der Waals surface area contributed by atoms with E-state index in [0.29, 0.717) is 12.2 Å². The molecule has 6 nitrogen and oxygen atoms in total. The van der Waals surface area contributed by atoms with Gasteiger partial charge in [0.15, 0.2) is 0 Å².